The molecule has 1 aromatic heterocycles. The lowest BCUT2D eigenvalue weighted by molar-refractivity contribution is -0.147. The van der Waals surface area contributed by atoms with Crippen molar-refractivity contribution in [1.29, 1.82) is 0 Å². The van der Waals surface area contributed by atoms with E-state index in [1.165, 1.54) is 0 Å². The molecule has 5 heteroatoms. The van der Waals surface area contributed by atoms with Gasteiger partial charge in [-0.15, -0.1) is 0 Å². The monoisotopic (exact) mass is 263 g/mol. The van der Waals surface area contributed by atoms with Gasteiger partial charge >= 0.3 is 5.97 Å². The summed E-state index contributed by atoms with van der Waals surface area (Å²) in [5.74, 6) is 0.203. The molecule has 0 saturated heterocycles. The van der Waals surface area contributed by atoms with Crippen molar-refractivity contribution in [1.82, 2.24) is 0 Å². The van der Waals surface area contributed by atoms with Gasteiger partial charge in [0.25, 0.3) is 0 Å². The number of carbonyl (C=O) groups is 1. The zero-order valence-corrected chi connectivity index (χ0v) is 10.5. The van der Waals surface area contributed by atoms with Crippen LogP contribution in [0.4, 0.5) is 5.69 Å². The fourth-order valence-corrected chi connectivity index (χ4v) is 1.94. The molecule has 2 N–H and O–H groups in total. The minimum atomic E-state index is -0.391. The SMILES string of the molecule is Nc1ccc(OCC(=O)OCc2ccsc2)cc1. The summed E-state index contributed by atoms with van der Waals surface area (Å²) in [5, 5.41) is 3.88. The van der Waals surface area contributed by atoms with E-state index >= 15 is 0 Å². The Morgan fingerprint density at radius 3 is 2.67 bits per heavy atom. The number of hydrogen-bond acceptors (Lipinski definition) is 5. The maximum absolute atomic E-state index is 11.4. The number of thiophene rings is 1. The van der Waals surface area contributed by atoms with Crippen LogP contribution in [0.15, 0.2) is 41.1 Å². The molecule has 18 heavy (non-hydrogen) atoms. The van der Waals surface area contributed by atoms with Gasteiger partial charge in [0.2, 0.25) is 0 Å². The number of rotatable bonds is 5. The van der Waals surface area contributed by atoms with Crippen molar-refractivity contribution >= 4 is 23.0 Å². The van der Waals surface area contributed by atoms with E-state index < -0.39 is 5.97 Å². The first kappa shape index (κ1) is 12.4. The van der Waals surface area contributed by atoms with E-state index in [0.717, 1.165) is 5.56 Å². The third kappa shape index (κ3) is 3.78. The number of nitrogen functional groups attached to an aromatic ring is 1. The van der Waals surface area contributed by atoms with Crippen LogP contribution in [0.2, 0.25) is 0 Å². The molecule has 0 aliphatic heterocycles. The van der Waals surface area contributed by atoms with Crippen LogP contribution in [0, 0.1) is 0 Å². The van der Waals surface area contributed by atoms with E-state index in [1.54, 1.807) is 35.6 Å². The number of anilines is 1. The van der Waals surface area contributed by atoms with E-state index in [-0.39, 0.29) is 13.2 Å². The second-order valence-corrected chi connectivity index (χ2v) is 4.43. The standard InChI is InChI=1S/C13H13NO3S/c14-11-1-3-12(4-2-11)16-8-13(15)17-7-10-5-6-18-9-10/h1-6,9H,7-8,14H2. The molecule has 1 aromatic carbocycles. The lowest BCUT2D eigenvalue weighted by Gasteiger charge is -2.06. The molecular formula is C13H13NO3S. The average molecular weight is 263 g/mol. The van der Waals surface area contributed by atoms with Gasteiger partial charge in [0.05, 0.1) is 0 Å². The van der Waals surface area contributed by atoms with E-state index in [1.807, 2.05) is 16.8 Å². The Hall–Kier alpha value is -2.01. The van der Waals surface area contributed by atoms with Crippen LogP contribution in [-0.4, -0.2) is 12.6 Å². The zero-order valence-electron chi connectivity index (χ0n) is 9.67. The van der Waals surface area contributed by atoms with Crippen LogP contribution in [0.25, 0.3) is 0 Å². The Kier molecular flexibility index (Phi) is 4.20. The fourth-order valence-electron chi connectivity index (χ4n) is 1.29. The Morgan fingerprint density at radius 1 is 1.22 bits per heavy atom. The van der Waals surface area contributed by atoms with Crippen LogP contribution in [0.5, 0.6) is 5.75 Å². The normalized spacial score (nSPS) is 10.0. The average Bonchev–Trinajstić information content (AvgIpc) is 2.89. The second-order valence-electron chi connectivity index (χ2n) is 3.65. The summed E-state index contributed by atoms with van der Waals surface area (Å²) in [7, 11) is 0. The summed E-state index contributed by atoms with van der Waals surface area (Å²) in [6.07, 6.45) is 0. The maximum atomic E-state index is 11.4. The quantitative estimate of drug-likeness (QED) is 0.665. The van der Waals surface area contributed by atoms with E-state index in [2.05, 4.69) is 0 Å². The number of carbonyl (C=O) groups excluding carboxylic acids is 1. The second kappa shape index (κ2) is 6.07. The molecule has 0 atom stereocenters. The lowest BCUT2D eigenvalue weighted by Crippen LogP contribution is -2.14. The molecule has 4 nitrogen and oxygen atoms in total. The summed E-state index contributed by atoms with van der Waals surface area (Å²) >= 11 is 1.57. The van der Waals surface area contributed by atoms with Crippen molar-refractivity contribution < 1.29 is 14.3 Å². The molecule has 0 unspecified atom stereocenters. The fraction of sp³-hybridized carbons (Fsp3) is 0.154. The van der Waals surface area contributed by atoms with Crippen LogP contribution < -0.4 is 10.5 Å². The number of hydrogen-bond donors (Lipinski definition) is 1. The molecule has 0 aliphatic rings. The van der Waals surface area contributed by atoms with Crippen LogP contribution in [-0.2, 0) is 16.1 Å². The van der Waals surface area contributed by atoms with Gasteiger partial charge in [-0.2, -0.15) is 11.3 Å². The van der Waals surface area contributed by atoms with Gasteiger partial charge in [0, 0.05) is 11.3 Å². The van der Waals surface area contributed by atoms with Gasteiger partial charge in [-0.05, 0) is 41.1 Å². The Balaban J connectivity index is 1.73. The largest absolute Gasteiger partial charge is 0.482 e. The van der Waals surface area contributed by atoms with Gasteiger partial charge in [0.1, 0.15) is 12.4 Å². The highest BCUT2D eigenvalue weighted by molar-refractivity contribution is 7.07. The smallest absolute Gasteiger partial charge is 0.344 e. The predicted molar refractivity (Wildman–Crippen MR) is 70.5 cm³/mol. The number of esters is 1. The first-order valence-electron chi connectivity index (χ1n) is 5.39. The summed E-state index contributed by atoms with van der Waals surface area (Å²) in [6.45, 7) is 0.182. The first-order valence-corrected chi connectivity index (χ1v) is 6.33. The van der Waals surface area contributed by atoms with Crippen LogP contribution >= 0.6 is 11.3 Å². The molecule has 0 aliphatic carbocycles. The highest BCUT2D eigenvalue weighted by atomic mass is 32.1. The van der Waals surface area contributed by atoms with Crippen molar-refractivity contribution in [3.8, 4) is 5.75 Å². The van der Waals surface area contributed by atoms with Crippen LogP contribution in [0.1, 0.15) is 5.56 Å². The molecule has 1 heterocycles. The van der Waals surface area contributed by atoms with Crippen LogP contribution in [0.3, 0.4) is 0 Å². The summed E-state index contributed by atoms with van der Waals surface area (Å²) in [4.78, 5) is 11.4. The molecule has 0 amide bonds. The Morgan fingerprint density at radius 2 is 2.00 bits per heavy atom. The van der Waals surface area contributed by atoms with Gasteiger partial charge in [-0.3, -0.25) is 0 Å². The van der Waals surface area contributed by atoms with E-state index in [0.29, 0.717) is 11.4 Å². The van der Waals surface area contributed by atoms with Crippen molar-refractivity contribution in [2.24, 2.45) is 0 Å². The molecule has 0 bridgehead atoms. The van der Waals surface area contributed by atoms with Crippen molar-refractivity contribution in [2.75, 3.05) is 12.3 Å². The molecule has 0 radical (unpaired) electrons. The zero-order chi connectivity index (χ0) is 12.8. The minimum Gasteiger partial charge on any atom is -0.482 e. The Bertz CT molecular complexity index is 493. The highest BCUT2D eigenvalue weighted by Crippen LogP contribution is 2.13. The van der Waals surface area contributed by atoms with E-state index in [4.69, 9.17) is 15.2 Å². The van der Waals surface area contributed by atoms with Gasteiger partial charge < -0.3 is 15.2 Å². The van der Waals surface area contributed by atoms with Crippen molar-refractivity contribution in [3.05, 3.63) is 46.7 Å². The third-order valence-electron chi connectivity index (χ3n) is 2.22. The summed E-state index contributed by atoms with van der Waals surface area (Å²) < 4.78 is 10.3. The summed E-state index contributed by atoms with van der Waals surface area (Å²) in [6, 6.07) is 8.76. The molecule has 94 valence electrons. The van der Waals surface area contributed by atoms with Gasteiger partial charge in [-0.25, -0.2) is 4.79 Å². The van der Waals surface area contributed by atoms with Gasteiger partial charge in [0.15, 0.2) is 6.61 Å². The van der Waals surface area contributed by atoms with E-state index in [9.17, 15) is 4.79 Å². The number of ether oxygens (including phenoxy) is 2. The van der Waals surface area contributed by atoms with Crippen molar-refractivity contribution in [3.63, 3.8) is 0 Å². The van der Waals surface area contributed by atoms with Crippen molar-refractivity contribution in [2.45, 2.75) is 6.61 Å². The third-order valence-corrected chi connectivity index (χ3v) is 2.95. The minimum absolute atomic E-state index is 0.103. The maximum Gasteiger partial charge on any atom is 0.344 e. The Labute approximate surface area is 109 Å². The topological polar surface area (TPSA) is 61.5 Å². The highest BCUT2D eigenvalue weighted by Gasteiger charge is 2.05. The lowest BCUT2D eigenvalue weighted by atomic mass is 10.3. The first-order chi connectivity index (χ1) is 8.74. The molecular weight excluding hydrogens is 250 g/mol. The molecule has 0 saturated carbocycles. The predicted octanol–water partition coefficient (Wildman–Crippen LogP) is 2.45. The molecule has 0 spiro atoms. The molecule has 0 fully saturated rings. The molecule has 2 aromatic rings. The number of benzene rings is 1. The molecule has 2 rings (SSSR count). The number of nitrogens with two attached hydrogens (primary N) is 1. The van der Waals surface area contributed by atoms with Gasteiger partial charge in [-0.1, -0.05) is 0 Å². The summed E-state index contributed by atoms with van der Waals surface area (Å²) in [5.41, 5.74) is 7.18.